The third kappa shape index (κ3) is 4.27. The lowest BCUT2D eigenvalue weighted by Gasteiger charge is -2.30. The van der Waals surface area contributed by atoms with Crippen LogP contribution in [-0.4, -0.2) is 29.7 Å². The van der Waals surface area contributed by atoms with E-state index < -0.39 is 32.4 Å². The lowest BCUT2D eigenvalue weighted by Crippen LogP contribution is -2.41. The van der Waals surface area contributed by atoms with E-state index >= 15 is 4.39 Å². The summed E-state index contributed by atoms with van der Waals surface area (Å²) in [5.41, 5.74) is 0.583. The second-order valence-electron chi connectivity index (χ2n) is 8.32. The van der Waals surface area contributed by atoms with Crippen molar-refractivity contribution < 1.29 is 31.5 Å². The van der Waals surface area contributed by atoms with Gasteiger partial charge in [0.05, 0.1) is 24.1 Å². The van der Waals surface area contributed by atoms with Crippen LogP contribution in [0.2, 0.25) is 0 Å². The molecule has 36 heavy (non-hydrogen) atoms. The Labute approximate surface area is 206 Å². The van der Waals surface area contributed by atoms with Crippen LogP contribution in [0.4, 0.5) is 8.78 Å². The van der Waals surface area contributed by atoms with Crippen LogP contribution in [0, 0.1) is 17.1 Å². The van der Waals surface area contributed by atoms with Crippen molar-refractivity contribution in [3.8, 4) is 11.8 Å². The average molecular weight is 513 g/mol. The molecule has 0 fully saturated rings. The summed E-state index contributed by atoms with van der Waals surface area (Å²) < 4.78 is 66.5. The molecule has 1 aromatic heterocycles. The summed E-state index contributed by atoms with van der Waals surface area (Å²) in [7, 11) is -4.37. The molecular formula is C26H22F2N2O5S. The topological polar surface area (TPSA) is 98.4 Å². The van der Waals surface area contributed by atoms with E-state index in [1.165, 1.54) is 31.3 Å². The summed E-state index contributed by atoms with van der Waals surface area (Å²) in [6, 6.07) is 11.5. The zero-order valence-corrected chi connectivity index (χ0v) is 20.3. The fourth-order valence-electron chi connectivity index (χ4n) is 4.05. The minimum absolute atomic E-state index is 0.0144. The summed E-state index contributed by atoms with van der Waals surface area (Å²) >= 11 is 0. The maximum absolute atomic E-state index is 15.8. The molecule has 10 heteroatoms. The zero-order chi connectivity index (χ0) is 26.1. The number of ether oxygens (including phenoxy) is 2. The van der Waals surface area contributed by atoms with Gasteiger partial charge in [0.15, 0.2) is 11.6 Å². The number of nitrogens with zero attached hydrogens (tertiary/aromatic N) is 2. The molecule has 7 nitrogen and oxygen atoms in total. The standard InChI is InChI=1S/C26H22F2N2O5S/c1-3-34-24(31)15-17-6-4-7-22-20(17)11-13-30(22)36(32,33)26(2)12-5-8-23(25(26)28)35-19-9-10-21(27)18(14-19)16-29/h4-11,13-14H,3,12,15H2,1-2H3. The number of aromatic nitrogens is 1. The maximum Gasteiger partial charge on any atom is 0.310 e. The Balaban J connectivity index is 1.74. The van der Waals surface area contributed by atoms with Gasteiger partial charge in [-0.1, -0.05) is 18.2 Å². The number of carbonyl (C=O) groups is 1. The van der Waals surface area contributed by atoms with Gasteiger partial charge in [0.1, 0.15) is 22.4 Å². The van der Waals surface area contributed by atoms with E-state index in [1.807, 2.05) is 0 Å². The van der Waals surface area contributed by atoms with Crippen molar-refractivity contribution in [3.63, 3.8) is 0 Å². The third-order valence-electron chi connectivity index (χ3n) is 6.00. The van der Waals surface area contributed by atoms with Crippen molar-refractivity contribution >= 4 is 26.9 Å². The van der Waals surface area contributed by atoms with Crippen LogP contribution >= 0.6 is 0 Å². The lowest BCUT2D eigenvalue weighted by atomic mass is 9.99. The SMILES string of the molecule is CCOC(=O)Cc1cccc2c1ccn2S(=O)(=O)C1(C)CC=CC(Oc2ccc(F)c(C#N)c2)=C1F. The second kappa shape index (κ2) is 9.59. The highest BCUT2D eigenvalue weighted by Crippen LogP contribution is 2.40. The van der Waals surface area contributed by atoms with E-state index in [2.05, 4.69) is 0 Å². The molecule has 0 spiro atoms. The lowest BCUT2D eigenvalue weighted by molar-refractivity contribution is -0.142. The van der Waals surface area contributed by atoms with Crippen molar-refractivity contribution in [2.24, 2.45) is 0 Å². The van der Waals surface area contributed by atoms with Crippen molar-refractivity contribution in [2.75, 3.05) is 6.61 Å². The Morgan fingerprint density at radius 3 is 2.72 bits per heavy atom. The molecule has 0 bridgehead atoms. The fraction of sp³-hybridized carbons (Fsp3) is 0.231. The predicted octanol–water partition coefficient (Wildman–Crippen LogP) is 4.91. The van der Waals surface area contributed by atoms with Gasteiger partial charge >= 0.3 is 5.97 Å². The molecule has 0 saturated heterocycles. The van der Waals surface area contributed by atoms with Gasteiger partial charge in [-0.3, -0.25) is 4.79 Å². The van der Waals surface area contributed by atoms with Crippen molar-refractivity contribution in [3.05, 3.63) is 89.3 Å². The molecule has 1 aliphatic carbocycles. The van der Waals surface area contributed by atoms with E-state index in [1.54, 1.807) is 37.3 Å². The van der Waals surface area contributed by atoms with E-state index in [0.29, 0.717) is 16.5 Å². The number of esters is 1. The van der Waals surface area contributed by atoms with Crippen LogP contribution in [0.5, 0.6) is 5.75 Å². The van der Waals surface area contributed by atoms with Gasteiger partial charge < -0.3 is 9.47 Å². The number of fused-ring (bicyclic) bond motifs is 1. The fourth-order valence-corrected chi connectivity index (χ4v) is 5.75. The Morgan fingerprint density at radius 2 is 2.00 bits per heavy atom. The van der Waals surface area contributed by atoms with E-state index in [-0.39, 0.29) is 36.5 Å². The first-order chi connectivity index (χ1) is 17.1. The van der Waals surface area contributed by atoms with Gasteiger partial charge in [-0.15, -0.1) is 0 Å². The Hall–Kier alpha value is -3.97. The highest BCUT2D eigenvalue weighted by atomic mass is 32.2. The van der Waals surface area contributed by atoms with Crippen molar-refractivity contribution in [2.45, 2.75) is 31.4 Å². The van der Waals surface area contributed by atoms with Crippen molar-refractivity contribution in [1.29, 1.82) is 5.26 Å². The molecule has 1 atom stereocenters. The monoisotopic (exact) mass is 512 g/mol. The Kier molecular flexibility index (Phi) is 6.69. The maximum atomic E-state index is 15.8. The number of halogens is 2. The van der Waals surface area contributed by atoms with Gasteiger partial charge in [0.2, 0.25) is 0 Å². The number of rotatable bonds is 7. The molecule has 0 radical (unpaired) electrons. The number of benzene rings is 2. The van der Waals surface area contributed by atoms with Gasteiger partial charge in [0, 0.05) is 17.6 Å². The van der Waals surface area contributed by atoms with Crippen LogP contribution in [0.15, 0.2) is 72.4 Å². The first-order valence-corrected chi connectivity index (χ1v) is 12.5. The number of hydrogen-bond donors (Lipinski definition) is 0. The largest absolute Gasteiger partial charge is 0.466 e. The third-order valence-corrected chi connectivity index (χ3v) is 8.32. The predicted molar refractivity (Wildman–Crippen MR) is 129 cm³/mol. The quantitative estimate of drug-likeness (QED) is 0.417. The Morgan fingerprint density at radius 1 is 1.22 bits per heavy atom. The molecule has 1 heterocycles. The first-order valence-electron chi connectivity index (χ1n) is 11.1. The molecule has 1 unspecified atom stereocenters. The van der Waals surface area contributed by atoms with Gasteiger partial charge in [-0.2, -0.15) is 5.26 Å². The summed E-state index contributed by atoms with van der Waals surface area (Å²) in [5, 5.41) is 9.55. The summed E-state index contributed by atoms with van der Waals surface area (Å²) in [5.74, 6) is -2.60. The van der Waals surface area contributed by atoms with Crippen LogP contribution in [0.25, 0.3) is 10.9 Å². The van der Waals surface area contributed by atoms with Crippen LogP contribution in [0.1, 0.15) is 31.4 Å². The minimum Gasteiger partial charge on any atom is -0.466 e. The average Bonchev–Trinajstić information content (AvgIpc) is 3.29. The van der Waals surface area contributed by atoms with Crippen molar-refractivity contribution in [1.82, 2.24) is 3.97 Å². The molecule has 0 N–H and O–H groups in total. The number of carbonyl (C=O) groups excluding carboxylic acids is 1. The van der Waals surface area contributed by atoms with Gasteiger partial charge in [0.25, 0.3) is 10.0 Å². The molecule has 4 rings (SSSR count). The smallest absolute Gasteiger partial charge is 0.310 e. The zero-order valence-electron chi connectivity index (χ0n) is 19.5. The van der Waals surface area contributed by atoms with E-state index in [0.717, 1.165) is 16.1 Å². The molecule has 1 aliphatic rings. The molecule has 2 aromatic carbocycles. The van der Waals surface area contributed by atoms with Crippen LogP contribution in [-0.2, 0) is 26.0 Å². The van der Waals surface area contributed by atoms with Crippen LogP contribution < -0.4 is 4.74 Å². The highest BCUT2D eigenvalue weighted by Gasteiger charge is 2.48. The van der Waals surface area contributed by atoms with Crippen LogP contribution in [0.3, 0.4) is 0 Å². The molecule has 0 aliphatic heterocycles. The first kappa shape index (κ1) is 25.1. The molecule has 0 amide bonds. The second-order valence-corrected chi connectivity index (χ2v) is 10.6. The number of allylic oxidation sites excluding steroid dienone is 2. The number of nitriles is 1. The van der Waals surface area contributed by atoms with E-state index in [9.17, 15) is 17.6 Å². The highest BCUT2D eigenvalue weighted by molar-refractivity contribution is 7.91. The minimum atomic E-state index is -4.37. The molecule has 3 aromatic rings. The summed E-state index contributed by atoms with van der Waals surface area (Å²) in [6.07, 6.45) is 3.90. The summed E-state index contributed by atoms with van der Waals surface area (Å²) in [4.78, 5) is 12.0. The number of hydrogen-bond acceptors (Lipinski definition) is 6. The normalized spacial score (nSPS) is 17.8. The molecule has 186 valence electrons. The van der Waals surface area contributed by atoms with Gasteiger partial charge in [-0.25, -0.2) is 21.2 Å². The Bertz CT molecular complexity index is 1570. The molecule has 0 saturated carbocycles. The van der Waals surface area contributed by atoms with E-state index in [4.69, 9.17) is 14.7 Å². The summed E-state index contributed by atoms with van der Waals surface area (Å²) in [6.45, 7) is 3.17. The van der Waals surface area contributed by atoms with Gasteiger partial charge in [-0.05, 0) is 56.2 Å². The molecular weight excluding hydrogens is 490 g/mol.